The Labute approximate surface area is 229 Å². The van der Waals surface area contributed by atoms with E-state index in [-0.39, 0.29) is 57.0 Å². The molecule has 0 heterocycles. The van der Waals surface area contributed by atoms with E-state index in [2.05, 4.69) is 52.9 Å². The van der Waals surface area contributed by atoms with Crippen molar-refractivity contribution in [3.05, 3.63) is 23.3 Å². The Morgan fingerprint density at radius 3 is 2.37 bits per heavy atom. The van der Waals surface area contributed by atoms with E-state index in [9.17, 15) is 19.6 Å². The zero-order chi connectivity index (χ0) is 28.3. The number of amides is 1. The van der Waals surface area contributed by atoms with E-state index < -0.39 is 10.8 Å². The minimum atomic E-state index is -0.498. The third-order valence-corrected chi connectivity index (χ3v) is 11.9. The minimum absolute atomic E-state index is 0.0674. The molecule has 4 aliphatic carbocycles. The molecule has 0 aliphatic heterocycles. The number of nitrogens with zero attached hydrogens (tertiary/aromatic N) is 1. The minimum Gasteiger partial charge on any atom is -0.356 e. The van der Waals surface area contributed by atoms with Gasteiger partial charge in [-0.2, -0.15) is 5.26 Å². The zero-order valence-corrected chi connectivity index (χ0v) is 24.9. The van der Waals surface area contributed by atoms with Crippen LogP contribution in [0.4, 0.5) is 0 Å². The lowest BCUT2D eigenvalue weighted by Gasteiger charge is -2.61. The average Bonchev–Trinajstić information content (AvgIpc) is 2.82. The van der Waals surface area contributed by atoms with Gasteiger partial charge in [0, 0.05) is 24.3 Å². The summed E-state index contributed by atoms with van der Waals surface area (Å²) in [6.45, 7) is 18.1. The summed E-state index contributed by atoms with van der Waals surface area (Å²) >= 11 is 0. The number of allylic oxidation sites excluding steroid dienone is 4. The third kappa shape index (κ3) is 4.22. The first-order chi connectivity index (χ1) is 17.6. The molecule has 0 bridgehead atoms. The fourth-order valence-corrected chi connectivity index (χ4v) is 9.20. The molecule has 1 N–H and O–H groups in total. The highest BCUT2D eigenvalue weighted by molar-refractivity contribution is 6.02. The number of Topliss-reactive ketones (excluding diaryl/α,β-unsaturated/α-hetero) is 1. The fourth-order valence-electron chi connectivity index (χ4n) is 9.20. The summed E-state index contributed by atoms with van der Waals surface area (Å²) in [5.74, 6) is 0.352. The number of nitriles is 1. The van der Waals surface area contributed by atoms with Crippen LogP contribution >= 0.6 is 0 Å². The van der Waals surface area contributed by atoms with Crippen LogP contribution in [0.3, 0.4) is 0 Å². The molecular weight excluding hydrogens is 472 g/mol. The second kappa shape index (κ2) is 9.46. The second-order valence-corrected chi connectivity index (χ2v) is 14.6. The molecule has 2 fully saturated rings. The first kappa shape index (κ1) is 28.8. The molecule has 4 aliphatic rings. The molecule has 0 spiro atoms. The topological polar surface area (TPSA) is 87.0 Å². The standard InChI is InChI=1S/C33H48N2O3/c1-9-35-28(38)33(14-12-29(4,5)17-21(33)2)15-13-30(6)19-24(36)16-26-31(7)18-23(20-34)27(37)22(3)25(31)10-11-32(26,30)8/h16,18,21-22,25H,9-15,17,19H2,1-8H3,(H,35,38)/t21?,22-,25-,30+,31-,32+,33-/m0/s1. The van der Waals surface area contributed by atoms with Gasteiger partial charge < -0.3 is 5.32 Å². The van der Waals surface area contributed by atoms with Crippen molar-refractivity contribution >= 4 is 17.5 Å². The summed E-state index contributed by atoms with van der Waals surface area (Å²) in [5.41, 5.74) is 0.0855. The highest BCUT2D eigenvalue weighted by Crippen LogP contribution is 2.68. The van der Waals surface area contributed by atoms with Gasteiger partial charge in [0.1, 0.15) is 6.07 Å². The largest absolute Gasteiger partial charge is 0.356 e. The van der Waals surface area contributed by atoms with E-state index in [4.69, 9.17) is 0 Å². The summed E-state index contributed by atoms with van der Waals surface area (Å²) in [6.07, 6.45) is 10.5. The van der Waals surface area contributed by atoms with Crippen LogP contribution in [0, 0.1) is 56.2 Å². The molecule has 1 unspecified atom stereocenters. The van der Waals surface area contributed by atoms with Crippen LogP contribution in [-0.4, -0.2) is 24.0 Å². The zero-order valence-electron chi connectivity index (χ0n) is 24.9. The van der Waals surface area contributed by atoms with E-state index in [1.807, 2.05) is 26.0 Å². The maximum atomic E-state index is 13.7. The van der Waals surface area contributed by atoms with Crippen molar-refractivity contribution in [3.8, 4) is 6.07 Å². The van der Waals surface area contributed by atoms with Crippen LogP contribution < -0.4 is 5.32 Å². The van der Waals surface area contributed by atoms with Crippen LogP contribution in [0.5, 0.6) is 0 Å². The van der Waals surface area contributed by atoms with Gasteiger partial charge in [-0.3, -0.25) is 14.4 Å². The molecule has 2 saturated carbocycles. The molecule has 5 nitrogen and oxygen atoms in total. The molecule has 4 rings (SSSR count). The van der Waals surface area contributed by atoms with Gasteiger partial charge in [0.2, 0.25) is 5.91 Å². The number of hydrogen-bond acceptors (Lipinski definition) is 4. The van der Waals surface area contributed by atoms with Crippen LogP contribution in [-0.2, 0) is 14.4 Å². The Hall–Kier alpha value is -2.22. The molecule has 0 saturated heterocycles. The van der Waals surface area contributed by atoms with Crippen molar-refractivity contribution in [1.82, 2.24) is 5.32 Å². The predicted molar refractivity (Wildman–Crippen MR) is 150 cm³/mol. The summed E-state index contributed by atoms with van der Waals surface area (Å²) in [7, 11) is 0. The van der Waals surface area contributed by atoms with E-state index >= 15 is 0 Å². The van der Waals surface area contributed by atoms with E-state index in [0.29, 0.717) is 13.0 Å². The van der Waals surface area contributed by atoms with Gasteiger partial charge in [-0.15, -0.1) is 0 Å². The van der Waals surface area contributed by atoms with Gasteiger partial charge in [-0.25, -0.2) is 0 Å². The van der Waals surface area contributed by atoms with Crippen molar-refractivity contribution in [1.29, 1.82) is 5.26 Å². The van der Waals surface area contributed by atoms with Gasteiger partial charge >= 0.3 is 0 Å². The molecule has 0 aromatic rings. The van der Waals surface area contributed by atoms with Gasteiger partial charge in [0.25, 0.3) is 0 Å². The molecular formula is C33H48N2O3. The summed E-state index contributed by atoms with van der Waals surface area (Å²) < 4.78 is 0. The molecule has 1 amide bonds. The second-order valence-electron chi connectivity index (χ2n) is 14.6. The monoisotopic (exact) mass is 520 g/mol. The van der Waals surface area contributed by atoms with Crippen molar-refractivity contribution in [3.63, 3.8) is 0 Å². The molecule has 7 atom stereocenters. The van der Waals surface area contributed by atoms with E-state index in [1.165, 1.54) is 0 Å². The Kier molecular flexibility index (Phi) is 7.16. The van der Waals surface area contributed by atoms with Crippen molar-refractivity contribution in [2.24, 2.45) is 44.8 Å². The number of carbonyl (C=O) groups excluding carboxylic acids is 3. The lowest BCUT2D eigenvalue weighted by atomic mass is 9.41. The van der Waals surface area contributed by atoms with Gasteiger partial charge in [0.05, 0.1) is 11.0 Å². The Bertz CT molecular complexity index is 1140. The van der Waals surface area contributed by atoms with Gasteiger partial charge in [0.15, 0.2) is 11.6 Å². The quantitative estimate of drug-likeness (QED) is 0.435. The Morgan fingerprint density at radius 2 is 1.76 bits per heavy atom. The lowest BCUT2D eigenvalue weighted by molar-refractivity contribution is -0.141. The smallest absolute Gasteiger partial charge is 0.226 e. The predicted octanol–water partition coefficient (Wildman–Crippen LogP) is 6.73. The molecule has 0 radical (unpaired) electrons. The van der Waals surface area contributed by atoms with Crippen LogP contribution in [0.25, 0.3) is 0 Å². The van der Waals surface area contributed by atoms with E-state index in [0.717, 1.165) is 50.5 Å². The molecule has 38 heavy (non-hydrogen) atoms. The molecule has 0 aromatic carbocycles. The highest BCUT2D eigenvalue weighted by atomic mass is 16.2. The number of hydrogen-bond donors (Lipinski definition) is 1. The Balaban J connectivity index is 1.73. The van der Waals surface area contributed by atoms with Crippen LogP contribution in [0.1, 0.15) is 107 Å². The maximum Gasteiger partial charge on any atom is 0.226 e. The van der Waals surface area contributed by atoms with Crippen molar-refractivity contribution < 1.29 is 14.4 Å². The number of nitrogens with one attached hydrogen (secondary N) is 1. The average molecular weight is 521 g/mol. The SMILES string of the molecule is CCNC(=O)[C@]1(CC[C@]2(C)CC(=O)C=C3[C@@]4(C)C=C(C#N)C(=O)[C@@H](C)[C@@H]4CC[C@]32C)CCC(C)(C)CC1C. The highest BCUT2D eigenvalue weighted by Gasteiger charge is 2.61. The first-order valence-corrected chi connectivity index (χ1v) is 14.8. The first-order valence-electron chi connectivity index (χ1n) is 14.8. The molecule has 208 valence electrons. The number of ketones is 2. The van der Waals surface area contributed by atoms with Crippen molar-refractivity contribution in [2.45, 2.75) is 107 Å². The summed E-state index contributed by atoms with van der Waals surface area (Å²) in [6, 6.07) is 2.15. The summed E-state index contributed by atoms with van der Waals surface area (Å²) in [4.78, 5) is 39.9. The number of fused-ring (bicyclic) bond motifs is 3. The Morgan fingerprint density at radius 1 is 1.08 bits per heavy atom. The summed E-state index contributed by atoms with van der Waals surface area (Å²) in [5, 5.41) is 12.9. The van der Waals surface area contributed by atoms with E-state index in [1.54, 1.807) is 0 Å². The maximum absolute atomic E-state index is 13.7. The van der Waals surface area contributed by atoms with Gasteiger partial charge in [-0.1, -0.05) is 60.1 Å². The van der Waals surface area contributed by atoms with Gasteiger partial charge in [-0.05, 0) is 86.0 Å². The van der Waals surface area contributed by atoms with Crippen LogP contribution in [0.2, 0.25) is 0 Å². The fraction of sp³-hybridized carbons (Fsp3) is 0.758. The number of rotatable bonds is 5. The number of carbonyl (C=O) groups is 3. The van der Waals surface area contributed by atoms with Crippen LogP contribution in [0.15, 0.2) is 23.3 Å². The normalized spacial score (nSPS) is 42.2. The third-order valence-electron chi connectivity index (χ3n) is 11.9. The molecule has 5 heteroatoms. The molecule has 0 aromatic heterocycles. The van der Waals surface area contributed by atoms with Crippen molar-refractivity contribution in [2.75, 3.05) is 6.54 Å². The lowest BCUT2D eigenvalue weighted by Crippen LogP contribution is -2.56.